The van der Waals surface area contributed by atoms with Crippen LogP contribution in [0.4, 0.5) is 14.5 Å². The molecule has 2 aliphatic carbocycles. The fourth-order valence-corrected chi connectivity index (χ4v) is 6.36. The van der Waals surface area contributed by atoms with Crippen LogP contribution in [0.3, 0.4) is 0 Å². The summed E-state index contributed by atoms with van der Waals surface area (Å²) in [5.74, 6) is 1.00. The summed E-state index contributed by atoms with van der Waals surface area (Å²) in [6.45, 7) is 0.425. The first-order chi connectivity index (χ1) is 21.3. The number of aromatic nitrogens is 2. The quantitative estimate of drug-likeness (QED) is 0.145. The lowest BCUT2D eigenvalue weighted by molar-refractivity contribution is 0.104. The van der Waals surface area contributed by atoms with Gasteiger partial charge in [-0.25, -0.2) is 0 Å². The number of fused-ring (bicyclic) bond motifs is 1. The van der Waals surface area contributed by atoms with Gasteiger partial charge in [-0.3, -0.25) is 0 Å². The van der Waals surface area contributed by atoms with Crippen LogP contribution in [0.2, 0.25) is 0 Å². The zero-order valence-corrected chi connectivity index (χ0v) is 26.2. The van der Waals surface area contributed by atoms with Gasteiger partial charge < -0.3 is 9.42 Å². The molecular weight excluding hydrogens is 596 g/mol. The van der Waals surface area contributed by atoms with Crippen molar-refractivity contribution in [3.8, 4) is 0 Å². The number of alkyl halides is 2. The molecule has 7 rings (SSSR count). The number of nitrogens with zero attached hydrogens (tertiary/aromatic N) is 4. The van der Waals surface area contributed by atoms with Crippen LogP contribution in [-0.2, 0) is 18.6 Å². The summed E-state index contributed by atoms with van der Waals surface area (Å²) in [5.41, 5.74) is 6.39. The van der Waals surface area contributed by atoms with Gasteiger partial charge in [-0.1, -0.05) is 68.5 Å². The van der Waals surface area contributed by atoms with Crippen molar-refractivity contribution in [2.24, 2.45) is 5.18 Å². The Kier molecular flexibility index (Phi) is 7.60. The van der Waals surface area contributed by atoms with E-state index in [4.69, 9.17) is 9.51 Å². The molecule has 10 heteroatoms. The Morgan fingerprint density at radius 2 is 1.82 bits per heavy atom. The van der Waals surface area contributed by atoms with E-state index in [-0.39, 0.29) is 5.56 Å². The first-order valence-corrected chi connectivity index (χ1v) is 15.8. The van der Waals surface area contributed by atoms with Gasteiger partial charge in [0.2, 0.25) is 11.7 Å². The molecule has 0 N–H and O–H groups in total. The number of anilines is 1. The van der Waals surface area contributed by atoms with Crippen molar-refractivity contribution in [2.45, 2.75) is 50.7 Å². The highest BCUT2D eigenvalue weighted by molar-refractivity contribution is 7.27. The molecular formula is C34H30F2N4O2P2. The maximum absolute atomic E-state index is 14.0. The van der Waals surface area contributed by atoms with Gasteiger partial charge in [-0.2, -0.15) is 13.8 Å². The second-order valence-electron chi connectivity index (χ2n) is 11.5. The normalized spacial score (nSPS) is 16.0. The summed E-state index contributed by atoms with van der Waals surface area (Å²) in [7, 11) is 4.20. The van der Waals surface area contributed by atoms with Gasteiger partial charge in [0.05, 0.1) is 6.42 Å². The first kappa shape index (κ1) is 28.9. The number of allylic oxidation sites excluding steroid dienone is 4. The van der Waals surface area contributed by atoms with Crippen LogP contribution in [0, 0.1) is 4.91 Å². The van der Waals surface area contributed by atoms with E-state index < -0.39 is 5.66 Å². The molecule has 44 heavy (non-hydrogen) atoms. The van der Waals surface area contributed by atoms with E-state index in [1.54, 1.807) is 15.3 Å². The van der Waals surface area contributed by atoms with E-state index in [1.807, 2.05) is 48.7 Å². The molecule has 222 valence electrons. The van der Waals surface area contributed by atoms with Crippen molar-refractivity contribution in [3.63, 3.8) is 0 Å². The molecule has 0 bridgehead atoms. The molecule has 1 aromatic heterocycles. The Morgan fingerprint density at radius 3 is 2.48 bits per heavy atom. The number of hydrogen-bond donors (Lipinski definition) is 0. The molecule has 2 heterocycles. The molecule has 0 saturated heterocycles. The zero-order chi connectivity index (χ0) is 30.4. The van der Waals surface area contributed by atoms with Crippen molar-refractivity contribution in [3.05, 3.63) is 129 Å². The van der Waals surface area contributed by atoms with Gasteiger partial charge in [0, 0.05) is 40.7 Å². The third-order valence-electron chi connectivity index (χ3n) is 8.42. The van der Waals surface area contributed by atoms with Crippen molar-refractivity contribution >= 4 is 46.3 Å². The van der Waals surface area contributed by atoms with Crippen LogP contribution >= 0.6 is 18.5 Å². The molecule has 2 fully saturated rings. The highest BCUT2D eigenvalue weighted by Gasteiger charge is 2.33. The molecule has 2 atom stereocenters. The second kappa shape index (κ2) is 11.6. The van der Waals surface area contributed by atoms with Gasteiger partial charge in [0.1, 0.15) is 5.70 Å². The predicted octanol–water partition coefficient (Wildman–Crippen LogP) is 8.36. The van der Waals surface area contributed by atoms with Gasteiger partial charge in [-0.15, -0.1) is 14.1 Å². The molecule has 4 aromatic rings. The summed E-state index contributed by atoms with van der Waals surface area (Å²) in [5, 5.41) is 8.54. The Labute approximate surface area is 258 Å². The third kappa shape index (κ3) is 5.69. The largest absolute Gasteiger partial charge is 0.342 e. The van der Waals surface area contributed by atoms with Gasteiger partial charge in [0.25, 0.3) is 5.66 Å². The third-order valence-corrected chi connectivity index (χ3v) is 9.29. The van der Waals surface area contributed by atoms with Crippen LogP contribution in [-0.4, -0.2) is 10.1 Å². The van der Waals surface area contributed by atoms with E-state index in [9.17, 15) is 13.7 Å². The number of rotatable bonds is 8. The average Bonchev–Trinajstić information content (AvgIpc) is 3.72. The van der Waals surface area contributed by atoms with Gasteiger partial charge in [-0.05, 0) is 83.1 Å². The minimum absolute atomic E-state index is 0.0624. The summed E-state index contributed by atoms with van der Waals surface area (Å²) >= 11 is 0. The molecule has 0 radical (unpaired) electrons. The summed E-state index contributed by atoms with van der Waals surface area (Å²) in [6.07, 6.45) is 7.32. The first-order valence-electron chi connectivity index (χ1n) is 14.6. The highest BCUT2D eigenvalue weighted by Crippen LogP contribution is 2.50. The van der Waals surface area contributed by atoms with E-state index in [2.05, 4.69) is 30.5 Å². The van der Waals surface area contributed by atoms with Crippen molar-refractivity contribution in [1.29, 1.82) is 0 Å². The smallest absolute Gasteiger partial charge is 0.283 e. The van der Waals surface area contributed by atoms with Crippen LogP contribution in [0.5, 0.6) is 0 Å². The Bertz CT molecular complexity index is 1860. The number of benzene rings is 3. The lowest BCUT2D eigenvalue weighted by Gasteiger charge is -2.32. The van der Waals surface area contributed by atoms with E-state index >= 15 is 0 Å². The van der Waals surface area contributed by atoms with Crippen molar-refractivity contribution < 1.29 is 13.3 Å². The fourth-order valence-electron chi connectivity index (χ4n) is 5.81. The second-order valence-corrected chi connectivity index (χ2v) is 12.8. The molecule has 1 aliphatic heterocycles. The number of nitroso groups, excluding NO2 is 1. The van der Waals surface area contributed by atoms with E-state index in [1.165, 1.54) is 17.7 Å². The minimum atomic E-state index is -3.01. The summed E-state index contributed by atoms with van der Waals surface area (Å²) in [6, 6.07) is 20.7. The van der Waals surface area contributed by atoms with Crippen LogP contribution in [0.15, 0.2) is 93.8 Å². The fraction of sp³-hybridized carbons (Fsp3) is 0.235. The SMILES string of the molecule is O=NC(=C1CCC1)c1ccc2c(c1)C(=C1CC1)C(c1noc(Cc3ccccc3)n1)=CN2Cc1ccc(C(F)(F)P)cc1P. The highest BCUT2D eigenvalue weighted by atomic mass is 31.0. The molecule has 0 amide bonds. The van der Waals surface area contributed by atoms with Crippen molar-refractivity contribution in [2.75, 3.05) is 4.90 Å². The Hall–Kier alpha value is -3.86. The van der Waals surface area contributed by atoms with Crippen LogP contribution in [0.25, 0.3) is 16.8 Å². The van der Waals surface area contributed by atoms with E-state index in [0.717, 1.165) is 76.8 Å². The van der Waals surface area contributed by atoms with Crippen LogP contribution < -0.4 is 10.2 Å². The summed E-state index contributed by atoms with van der Waals surface area (Å²) in [4.78, 5) is 18.9. The molecule has 3 aromatic carbocycles. The summed E-state index contributed by atoms with van der Waals surface area (Å²) < 4.78 is 33.8. The number of halogens is 2. The maximum atomic E-state index is 14.0. The zero-order valence-electron chi connectivity index (χ0n) is 23.9. The lowest BCUT2D eigenvalue weighted by atomic mass is 9.86. The topological polar surface area (TPSA) is 71.6 Å². The molecule has 2 saturated carbocycles. The Morgan fingerprint density at radius 1 is 1.02 bits per heavy atom. The average molecular weight is 627 g/mol. The molecule has 3 aliphatic rings. The van der Waals surface area contributed by atoms with E-state index in [0.29, 0.717) is 35.7 Å². The monoisotopic (exact) mass is 626 g/mol. The van der Waals surface area contributed by atoms with Gasteiger partial charge >= 0.3 is 0 Å². The van der Waals surface area contributed by atoms with Crippen LogP contribution in [0.1, 0.15) is 71.6 Å². The maximum Gasteiger partial charge on any atom is 0.283 e. The Balaban J connectivity index is 1.33. The number of hydrogen-bond acceptors (Lipinski definition) is 6. The molecule has 6 nitrogen and oxygen atoms in total. The van der Waals surface area contributed by atoms with Gasteiger partial charge in [0.15, 0.2) is 0 Å². The molecule has 2 unspecified atom stereocenters. The molecule has 0 spiro atoms. The minimum Gasteiger partial charge on any atom is -0.342 e. The predicted molar refractivity (Wildman–Crippen MR) is 176 cm³/mol. The lowest BCUT2D eigenvalue weighted by Crippen LogP contribution is -2.24. The van der Waals surface area contributed by atoms with Crippen molar-refractivity contribution in [1.82, 2.24) is 10.1 Å². The standard InChI is InChI=1S/C34H30F2N4O2P2/c35-34(36,44)25-13-11-24(29(43)17-25)18-40-19-27(33-37-30(42-39-33)15-20-5-2-1-3-6-20)31(21-9-10-21)26-16-23(12-14-28(26)40)32(38-41)22-7-4-8-22/h1-3,5-6,11-14,16-17,19H,4,7-10,15,18,43-44H2.